The summed E-state index contributed by atoms with van der Waals surface area (Å²) in [4.78, 5) is 0. The predicted octanol–water partition coefficient (Wildman–Crippen LogP) is 6.15. The zero-order chi connectivity index (χ0) is 31.6. The molecule has 0 saturated heterocycles. The van der Waals surface area contributed by atoms with Gasteiger partial charge in [0, 0.05) is 0 Å². The monoisotopic (exact) mass is 820 g/mol. The van der Waals surface area contributed by atoms with Gasteiger partial charge in [0.05, 0.1) is 0 Å². The number of fused-ring (bicyclic) bond motifs is 2. The molecule has 8 heteroatoms. The number of hydrogen-bond donors (Lipinski definition) is 0. The van der Waals surface area contributed by atoms with Crippen molar-refractivity contribution in [3.63, 3.8) is 0 Å². The molecule has 6 rings (SSSR count). The number of hydrogen-bond acceptors (Lipinski definition) is 0. The number of halogens is 6. The van der Waals surface area contributed by atoms with E-state index < -0.39 is 34.5 Å². The molecule has 0 aliphatic heterocycles. The molecule has 0 spiro atoms. The molecule has 0 N–H and O–H groups in total. The Hall–Kier alpha value is -0.800. The molecule has 0 aromatic heterocycles. The summed E-state index contributed by atoms with van der Waals surface area (Å²) >= 11 is 26.6. The Kier molecular flexibility index (Phi) is 12.1. The number of allylic oxidation sites excluding steroid dienone is 2. The van der Waals surface area contributed by atoms with Gasteiger partial charge in [0.1, 0.15) is 0 Å². The van der Waals surface area contributed by atoms with E-state index in [1.165, 1.54) is 44.5 Å². The Morgan fingerprint density at radius 1 is 0.543 bits per heavy atom. The molecule has 0 nitrogen and oxygen atoms in total. The molecule has 0 saturated carbocycles. The van der Waals surface area contributed by atoms with Crippen LogP contribution in [0.1, 0.15) is 76.7 Å². The Labute approximate surface area is 314 Å². The van der Waals surface area contributed by atoms with Crippen LogP contribution < -0.4 is 24.8 Å². The normalized spacial score (nSPS) is 16.6. The summed E-state index contributed by atoms with van der Waals surface area (Å²) in [5, 5.41) is 0. The van der Waals surface area contributed by atoms with Crippen LogP contribution in [-0.2, 0) is 29.0 Å². The van der Waals surface area contributed by atoms with Crippen LogP contribution in [0.2, 0.25) is 13.1 Å². The molecule has 0 amide bonds. The van der Waals surface area contributed by atoms with Gasteiger partial charge in [-0.25, -0.2) is 0 Å². The third kappa shape index (κ3) is 6.45. The van der Waals surface area contributed by atoms with Gasteiger partial charge < -0.3 is 24.8 Å². The minimum absolute atomic E-state index is 0. The molecule has 0 bridgehead atoms. The summed E-state index contributed by atoms with van der Waals surface area (Å²) in [6.45, 7) is 14.3. The fourth-order valence-corrected chi connectivity index (χ4v) is 29.6. The van der Waals surface area contributed by atoms with Crippen molar-refractivity contribution in [2.24, 2.45) is 0 Å². The minimum atomic E-state index is -2.38. The molecule has 0 fully saturated rings. The van der Waals surface area contributed by atoms with E-state index in [1.54, 1.807) is 0 Å². The van der Waals surface area contributed by atoms with E-state index in [0.29, 0.717) is 7.25 Å². The van der Waals surface area contributed by atoms with Crippen LogP contribution in [0.25, 0.3) is 12.2 Å². The van der Waals surface area contributed by atoms with Gasteiger partial charge in [-0.2, -0.15) is 0 Å². The quantitative estimate of drug-likeness (QED) is 0.162. The van der Waals surface area contributed by atoms with Crippen LogP contribution in [0.5, 0.6) is 0 Å². The van der Waals surface area contributed by atoms with Crippen LogP contribution in [0.4, 0.5) is 0 Å². The predicted molar refractivity (Wildman–Crippen MR) is 190 cm³/mol. The first kappa shape index (κ1) is 38.0. The molecule has 2 atom stereocenters. The van der Waals surface area contributed by atoms with E-state index in [1.807, 2.05) is 60.7 Å². The SMILES string of the molecule is CC1=Cc2c(C(Cl)(Cl)c3ccccc3)ccc(C)c2[CH]1[Zr+2]([CH]1C(C)=Cc2c(C(Cl)(Cl)c3ccccc3)ccc(C)c21)=[Si](C)C.[Cl-].[Cl-]. The standard InChI is InChI=1S/2C18H15Cl2.C2H6Si.2ClH.Zr/c2*1-12-10-15-13(2)8-9-17(16(15)11-12)18(19,20)14-6-4-3-5-7-14;1-3-2;;;/h2*3-11H,1-2H3;1-2H3;2*1H;/q;;;;;+2/p-2. The van der Waals surface area contributed by atoms with Crippen molar-refractivity contribution < 1.29 is 45.2 Å². The van der Waals surface area contributed by atoms with E-state index in [4.69, 9.17) is 46.4 Å². The van der Waals surface area contributed by atoms with E-state index in [0.717, 1.165) is 22.3 Å². The minimum Gasteiger partial charge on any atom is -1.00 e. The molecule has 46 heavy (non-hydrogen) atoms. The van der Waals surface area contributed by atoms with Crippen LogP contribution in [0.15, 0.2) is 96.1 Å². The van der Waals surface area contributed by atoms with Gasteiger partial charge in [-0.3, -0.25) is 0 Å². The number of benzene rings is 4. The van der Waals surface area contributed by atoms with Crippen molar-refractivity contribution in [2.75, 3.05) is 0 Å². The largest absolute Gasteiger partial charge is 1.00 e. The van der Waals surface area contributed by atoms with E-state index in [2.05, 4.69) is 77.2 Å². The Morgan fingerprint density at radius 3 is 1.22 bits per heavy atom. The average Bonchev–Trinajstić information content (AvgIpc) is 3.51. The molecule has 0 heterocycles. The maximum Gasteiger partial charge on any atom is -1.00 e. The Morgan fingerprint density at radius 2 is 0.891 bits per heavy atom. The summed E-state index contributed by atoms with van der Waals surface area (Å²) in [6, 6.07) is 28.8. The smallest absolute Gasteiger partial charge is 1.00 e. The second-order valence-electron chi connectivity index (χ2n) is 12.5. The first-order valence-corrected chi connectivity index (χ1v) is 25.6. The van der Waals surface area contributed by atoms with Gasteiger partial charge in [0.2, 0.25) is 0 Å². The van der Waals surface area contributed by atoms with E-state index >= 15 is 0 Å². The van der Waals surface area contributed by atoms with Gasteiger partial charge in [0.15, 0.2) is 0 Å². The maximum atomic E-state index is 7.23. The molecule has 2 unspecified atom stereocenters. The van der Waals surface area contributed by atoms with E-state index in [9.17, 15) is 0 Å². The van der Waals surface area contributed by atoms with Crippen molar-refractivity contribution in [3.8, 4) is 0 Å². The fraction of sp³-hybridized carbons (Fsp3) is 0.263. The second kappa shape index (κ2) is 14.6. The van der Waals surface area contributed by atoms with Crippen molar-refractivity contribution >= 4 is 64.0 Å². The van der Waals surface area contributed by atoms with Gasteiger partial charge in [-0.15, -0.1) is 0 Å². The van der Waals surface area contributed by atoms with Gasteiger partial charge >= 0.3 is 293 Å². The Balaban J connectivity index is 0.00000240. The zero-order valence-electron chi connectivity index (χ0n) is 26.7. The van der Waals surface area contributed by atoms with Crippen molar-refractivity contribution in [2.45, 2.75) is 56.7 Å². The zero-order valence-corrected chi connectivity index (χ0v) is 34.7. The molecule has 4 aromatic rings. The van der Waals surface area contributed by atoms with Gasteiger partial charge in [0.25, 0.3) is 0 Å². The van der Waals surface area contributed by atoms with E-state index in [-0.39, 0.29) is 24.8 Å². The maximum absolute atomic E-state index is 7.23. The van der Waals surface area contributed by atoms with Crippen molar-refractivity contribution in [1.82, 2.24) is 0 Å². The first-order valence-electron chi connectivity index (χ1n) is 15.0. The molecule has 2 aliphatic carbocycles. The first-order chi connectivity index (χ1) is 20.9. The third-order valence-corrected chi connectivity index (χ3v) is 30.9. The number of rotatable bonds is 6. The molecule has 238 valence electrons. The van der Waals surface area contributed by atoms with Crippen LogP contribution in [-0.4, -0.2) is 5.43 Å². The van der Waals surface area contributed by atoms with Crippen LogP contribution in [0, 0.1) is 13.8 Å². The molecular formula is C38H36Cl6SiZr. The second-order valence-corrected chi connectivity index (χ2v) is 33.0. The average molecular weight is 825 g/mol. The molecule has 4 aromatic carbocycles. The summed E-state index contributed by atoms with van der Waals surface area (Å²) in [6.07, 6.45) is 4.79. The Bertz CT molecular complexity index is 1740. The summed E-state index contributed by atoms with van der Waals surface area (Å²) in [5.74, 6) is 0. The van der Waals surface area contributed by atoms with Gasteiger partial charge in [-0.1, -0.05) is 0 Å². The topological polar surface area (TPSA) is 0 Å². The van der Waals surface area contributed by atoms with Crippen LogP contribution >= 0.6 is 46.4 Å². The van der Waals surface area contributed by atoms with Gasteiger partial charge in [-0.05, 0) is 0 Å². The van der Waals surface area contributed by atoms with Crippen molar-refractivity contribution in [1.29, 1.82) is 0 Å². The fourth-order valence-electron chi connectivity index (χ4n) is 7.34. The number of alkyl halides is 4. The third-order valence-electron chi connectivity index (χ3n) is 9.39. The molecular weight excluding hydrogens is 788 g/mol. The molecule has 0 radical (unpaired) electrons. The number of aryl methyl sites for hydroxylation is 2. The summed E-state index contributed by atoms with van der Waals surface area (Å²) in [7, 11) is 0. The summed E-state index contributed by atoms with van der Waals surface area (Å²) < 4.78 is -1.37. The summed E-state index contributed by atoms with van der Waals surface area (Å²) in [5.41, 5.74) is 14.0. The molecule has 2 aliphatic rings. The van der Waals surface area contributed by atoms with Crippen LogP contribution in [0.3, 0.4) is 0 Å². The van der Waals surface area contributed by atoms with Crippen molar-refractivity contribution in [3.05, 3.63) is 152 Å².